The van der Waals surface area contributed by atoms with E-state index in [2.05, 4.69) is 5.32 Å². The minimum Gasteiger partial charge on any atom is -0.482 e. The lowest BCUT2D eigenvalue weighted by atomic mass is 9.92. The molecule has 0 spiro atoms. The Morgan fingerprint density at radius 3 is 3.00 bits per heavy atom. The van der Waals surface area contributed by atoms with Crippen LogP contribution in [0.25, 0.3) is 0 Å². The van der Waals surface area contributed by atoms with Crippen LogP contribution >= 0.6 is 0 Å². The van der Waals surface area contributed by atoms with E-state index in [0.29, 0.717) is 11.4 Å². The van der Waals surface area contributed by atoms with Crippen molar-refractivity contribution >= 4 is 17.6 Å². The molecule has 1 aliphatic heterocycles. The van der Waals surface area contributed by atoms with Crippen LogP contribution in [0.15, 0.2) is 18.2 Å². The summed E-state index contributed by atoms with van der Waals surface area (Å²) < 4.78 is 5.26. The fourth-order valence-corrected chi connectivity index (χ4v) is 2.06. The summed E-state index contributed by atoms with van der Waals surface area (Å²) in [6, 6.07) is 5.42. The summed E-state index contributed by atoms with van der Waals surface area (Å²) in [6.45, 7) is 1.97. The van der Waals surface area contributed by atoms with Gasteiger partial charge in [0.1, 0.15) is 5.75 Å². The standard InChI is InChI=1S/C13H15NO4/c1-2-8(6-13(16)17)9-3-4-11-10(5-9)14-12(15)7-18-11/h3-5,8H,2,6-7H2,1H3,(H,14,15)(H,16,17). The molecular formula is C13H15NO4. The van der Waals surface area contributed by atoms with Gasteiger partial charge < -0.3 is 15.2 Å². The zero-order valence-corrected chi connectivity index (χ0v) is 10.1. The number of carboxylic acid groups (broad SMARTS) is 1. The number of ether oxygens (including phenoxy) is 1. The Balaban J connectivity index is 2.26. The van der Waals surface area contributed by atoms with Crippen LogP contribution in [0.1, 0.15) is 31.2 Å². The molecule has 18 heavy (non-hydrogen) atoms. The molecule has 0 bridgehead atoms. The molecule has 2 N–H and O–H groups in total. The molecule has 1 atom stereocenters. The molecule has 0 aliphatic carbocycles. The Morgan fingerprint density at radius 2 is 2.33 bits per heavy atom. The molecule has 5 heteroatoms. The van der Waals surface area contributed by atoms with Gasteiger partial charge in [-0.15, -0.1) is 0 Å². The maximum atomic E-state index is 11.2. The van der Waals surface area contributed by atoms with E-state index in [0.717, 1.165) is 12.0 Å². The molecule has 2 rings (SSSR count). The van der Waals surface area contributed by atoms with Gasteiger partial charge in [-0.2, -0.15) is 0 Å². The van der Waals surface area contributed by atoms with Crippen LogP contribution in [0.4, 0.5) is 5.69 Å². The summed E-state index contributed by atoms with van der Waals surface area (Å²) in [4.78, 5) is 22.0. The van der Waals surface area contributed by atoms with E-state index >= 15 is 0 Å². The minimum absolute atomic E-state index is 0.0265. The fourth-order valence-electron chi connectivity index (χ4n) is 2.06. The third kappa shape index (κ3) is 2.61. The molecule has 1 amide bonds. The first-order valence-corrected chi connectivity index (χ1v) is 5.88. The van der Waals surface area contributed by atoms with Gasteiger partial charge in [0.25, 0.3) is 5.91 Å². The van der Waals surface area contributed by atoms with Gasteiger partial charge in [-0.3, -0.25) is 9.59 Å². The van der Waals surface area contributed by atoms with Crippen molar-refractivity contribution in [3.63, 3.8) is 0 Å². The number of nitrogens with one attached hydrogen (secondary N) is 1. The number of carbonyl (C=O) groups excluding carboxylic acids is 1. The van der Waals surface area contributed by atoms with Gasteiger partial charge in [-0.1, -0.05) is 13.0 Å². The van der Waals surface area contributed by atoms with Gasteiger partial charge in [0.15, 0.2) is 6.61 Å². The third-order valence-corrected chi connectivity index (χ3v) is 3.02. The van der Waals surface area contributed by atoms with Gasteiger partial charge in [0.2, 0.25) is 0 Å². The molecule has 0 aromatic heterocycles. The number of carboxylic acids is 1. The van der Waals surface area contributed by atoms with Gasteiger partial charge in [-0.05, 0) is 30.0 Å². The maximum absolute atomic E-state index is 11.2. The highest BCUT2D eigenvalue weighted by molar-refractivity contribution is 5.95. The first kappa shape index (κ1) is 12.4. The first-order valence-electron chi connectivity index (χ1n) is 5.88. The van der Waals surface area contributed by atoms with Crippen molar-refractivity contribution in [3.05, 3.63) is 23.8 Å². The zero-order valence-electron chi connectivity index (χ0n) is 10.1. The Kier molecular flexibility index (Phi) is 3.50. The average Bonchev–Trinajstić information content (AvgIpc) is 2.34. The topological polar surface area (TPSA) is 75.6 Å². The van der Waals surface area contributed by atoms with Crippen LogP contribution in [0, 0.1) is 0 Å². The third-order valence-electron chi connectivity index (χ3n) is 3.02. The van der Waals surface area contributed by atoms with Crippen LogP contribution in [0.5, 0.6) is 5.75 Å². The molecule has 1 aliphatic rings. The van der Waals surface area contributed by atoms with E-state index in [-0.39, 0.29) is 24.9 Å². The molecular weight excluding hydrogens is 234 g/mol. The van der Waals surface area contributed by atoms with Gasteiger partial charge in [-0.25, -0.2) is 0 Å². The molecule has 5 nitrogen and oxygen atoms in total. The van der Waals surface area contributed by atoms with Crippen LogP contribution in [-0.2, 0) is 9.59 Å². The molecule has 1 heterocycles. The minimum atomic E-state index is -0.820. The summed E-state index contributed by atoms with van der Waals surface area (Å²) in [6.07, 6.45) is 0.823. The summed E-state index contributed by atoms with van der Waals surface area (Å²) >= 11 is 0. The van der Waals surface area contributed by atoms with E-state index < -0.39 is 5.97 Å². The van der Waals surface area contributed by atoms with E-state index in [4.69, 9.17) is 9.84 Å². The number of fused-ring (bicyclic) bond motifs is 1. The highest BCUT2D eigenvalue weighted by Gasteiger charge is 2.19. The van der Waals surface area contributed by atoms with Crippen LogP contribution in [0.3, 0.4) is 0 Å². The monoisotopic (exact) mass is 249 g/mol. The quantitative estimate of drug-likeness (QED) is 0.855. The number of aliphatic carboxylic acids is 1. The van der Waals surface area contributed by atoms with Crippen molar-refractivity contribution in [1.82, 2.24) is 0 Å². The van der Waals surface area contributed by atoms with Crippen molar-refractivity contribution in [2.45, 2.75) is 25.7 Å². The maximum Gasteiger partial charge on any atom is 0.303 e. The Labute approximate surface area is 105 Å². The van der Waals surface area contributed by atoms with Crippen molar-refractivity contribution in [1.29, 1.82) is 0 Å². The molecule has 96 valence electrons. The summed E-state index contributed by atoms with van der Waals surface area (Å²) in [5.41, 5.74) is 1.53. The molecule has 1 aromatic rings. The molecule has 1 unspecified atom stereocenters. The molecule has 0 fully saturated rings. The van der Waals surface area contributed by atoms with E-state index in [1.54, 1.807) is 12.1 Å². The lowest BCUT2D eigenvalue weighted by molar-refractivity contribution is -0.137. The van der Waals surface area contributed by atoms with Crippen molar-refractivity contribution < 1.29 is 19.4 Å². The number of rotatable bonds is 4. The predicted octanol–water partition coefficient (Wildman–Crippen LogP) is 1.99. The summed E-state index contributed by atoms with van der Waals surface area (Å²) in [5.74, 6) is -0.430. The molecule has 0 saturated heterocycles. The second kappa shape index (κ2) is 5.08. The van der Waals surface area contributed by atoms with Crippen molar-refractivity contribution in [2.75, 3.05) is 11.9 Å². The highest BCUT2D eigenvalue weighted by Crippen LogP contribution is 2.33. The van der Waals surface area contributed by atoms with Gasteiger partial charge in [0, 0.05) is 0 Å². The number of anilines is 1. The van der Waals surface area contributed by atoms with Gasteiger partial charge >= 0.3 is 5.97 Å². The van der Waals surface area contributed by atoms with Crippen LogP contribution < -0.4 is 10.1 Å². The Bertz CT molecular complexity index is 484. The Morgan fingerprint density at radius 1 is 1.56 bits per heavy atom. The smallest absolute Gasteiger partial charge is 0.303 e. The van der Waals surface area contributed by atoms with Crippen molar-refractivity contribution in [2.24, 2.45) is 0 Å². The molecule has 0 saturated carbocycles. The zero-order chi connectivity index (χ0) is 13.1. The summed E-state index contributed by atoms with van der Waals surface area (Å²) in [7, 11) is 0. The second-order valence-corrected chi connectivity index (χ2v) is 4.30. The Hall–Kier alpha value is -2.04. The van der Waals surface area contributed by atoms with E-state index in [9.17, 15) is 9.59 Å². The lowest BCUT2D eigenvalue weighted by Gasteiger charge is -2.20. The molecule has 0 radical (unpaired) electrons. The van der Waals surface area contributed by atoms with Crippen LogP contribution in [0.2, 0.25) is 0 Å². The summed E-state index contributed by atoms with van der Waals surface area (Å²) in [5, 5.41) is 11.6. The highest BCUT2D eigenvalue weighted by atomic mass is 16.5. The second-order valence-electron chi connectivity index (χ2n) is 4.30. The SMILES string of the molecule is CCC(CC(=O)O)c1ccc2c(c1)NC(=O)CO2. The van der Waals surface area contributed by atoms with Crippen molar-refractivity contribution in [3.8, 4) is 5.75 Å². The van der Waals surface area contributed by atoms with Gasteiger partial charge in [0.05, 0.1) is 12.1 Å². The van der Waals surface area contributed by atoms with Crippen LogP contribution in [-0.4, -0.2) is 23.6 Å². The normalized spacial score (nSPS) is 15.3. The number of hydrogen-bond donors (Lipinski definition) is 2. The first-order chi connectivity index (χ1) is 8.60. The number of amides is 1. The predicted molar refractivity (Wildman–Crippen MR) is 65.9 cm³/mol. The number of carbonyl (C=O) groups is 2. The molecule has 1 aromatic carbocycles. The number of benzene rings is 1. The van der Waals surface area contributed by atoms with E-state index in [1.165, 1.54) is 0 Å². The lowest BCUT2D eigenvalue weighted by Crippen LogP contribution is -2.25. The largest absolute Gasteiger partial charge is 0.482 e. The van der Waals surface area contributed by atoms with E-state index in [1.807, 2.05) is 13.0 Å². The fraction of sp³-hybridized carbons (Fsp3) is 0.385. The average molecular weight is 249 g/mol. The number of hydrogen-bond acceptors (Lipinski definition) is 3.